The average Bonchev–Trinajstić information content (AvgIpc) is 3.19. The van der Waals surface area contributed by atoms with Gasteiger partial charge in [-0.3, -0.25) is 14.4 Å². The first kappa shape index (κ1) is 15.2. The number of hydrogen-bond donors (Lipinski definition) is 1. The Morgan fingerprint density at radius 1 is 1.41 bits per heavy atom. The third-order valence-electron chi connectivity index (χ3n) is 3.86. The van der Waals surface area contributed by atoms with Gasteiger partial charge in [-0.05, 0) is 38.9 Å². The van der Waals surface area contributed by atoms with E-state index >= 15 is 0 Å². The molecule has 0 atom stereocenters. The summed E-state index contributed by atoms with van der Waals surface area (Å²) in [5, 5.41) is 8.22. The lowest BCUT2D eigenvalue weighted by Gasteiger charge is -2.11. The van der Waals surface area contributed by atoms with E-state index in [0.29, 0.717) is 11.4 Å². The number of aryl methyl sites for hydroxylation is 2. The maximum atomic E-state index is 12.2. The van der Waals surface area contributed by atoms with Gasteiger partial charge in [0.25, 0.3) is 5.91 Å². The van der Waals surface area contributed by atoms with Crippen molar-refractivity contribution in [2.45, 2.75) is 32.9 Å². The zero-order valence-corrected chi connectivity index (χ0v) is 13.8. The smallest absolute Gasteiger partial charge is 0.263 e. The second-order valence-corrected chi connectivity index (χ2v) is 6.80. The van der Waals surface area contributed by atoms with Crippen LogP contribution < -0.4 is 5.32 Å². The van der Waals surface area contributed by atoms with E-state index in [1.54, 1.807) is 10.9 Å². The van der Waals surface area contributed by atoms with Crippen molar-refractivity contribution in [3.05, 3.63) is 33.5 Å². The zero-order valence-electron chi connectivity index (χ0n) is 13.0. The quantitative estimate of drug-likeness (QED) is 0.911. The normalized spacial score (nSPS) is 15.4. The Morgan fingerprint density at radius 2 is 2.18 bits per heavy atom. The fraction of sp³-hybridized carbons (Fsp3) is 0.533. The molecule has 2 aromatic heterocycles. The van der Waals surface area contributed by atoms with Crippen LogP contribution in [0.3, 0.4) is 0 Å². The summed E-state index contributed by atoms with van der Waals surface area (Å²) in [7, 11) is 1.88. The van der Waals surface area contributed by atoms with Gasteiger partial charge in [0, 0.05) is 7.05 Å². The summed E-state index contributed by atoms with van der Waals surface area (Å²) in [6.45, 7) is 5.56. The van der Waals surface area contributed by atoms with Gasteiger partial charge in [0.2, 0.25) is 0 Å². The van der Waals surface area contributed by atoms with Gasteiger partial charge in [0.05, 0.1) is 30.7 Å². The van der Waals surface area contributed by atoms with E-state index in [2.05, 4.69) is 20.3 Å². The van der Waals surface area contributed by atoms with Crippen molar-refractivity contribution < 1.29 is 4.79 Å². The van der Waals surface area contributed by atoms with Crippen molar-refractivity contribution in [3.63, 3.8) is 0 Å². The molecule has 1 N–H and O–H groups in total. The van der Waals surface area contributed by atoms with Crippen molar-refractivity contribution in [2.75, 3.05) is 13.1 Å². The van der Waals surface area contributed by atoms with Gasteiger partial charge in [0.1, 0.15) is 9.88 Å². The molecule has 1 saturated heterocycles. The minimum atomic E-state index is -0.0657. The lowest BCUT2D eigenvalue weighted by Crippen LogP contribution is -2.23. The molecule has 1 aliphatic heterocycles. The Balaban J connectivity index is 1.55. The fourth-order valence-corrected chi connectivity index (χ4v) is 3.58. The fourth-order valence-electron chi connectivity index (χ4n) is 2.71. The lowest BCUT2D eigenvalue weighted by molar-refractivity contribution is 0.0954. The van der Waals surface area contributed by atoms with Gasteiger partial charge < -0.3 is 5.32 Å². The summed E-state index contributed by atoms with van der Waals surface area (Å²) in [5.41, 5.74) is 1.95. The zero-order chi connectivity index (χ0) is 15.5. The molecular formula is C15H21N5OS. The van der Waals surface area contributed by atoms with Gasteiger partial charge >= 0.3 is 0 Å². The van der Waals surface area contributed by atoms with Gasteiger partial charge in [-0.2, -0.15) is 5.10 Å². The molecule has 3 heterocycles. The Hall–Kier alpha value is -1.73. The molecule has 2 aromatic rings. The van der Waals surface area contributed by atoms with E-state index < -0.39 is 0 Å². The maximum absolute atomic E-state index is 12.2. The van der Waals surface area contributed by atoms with Crippen LogP contribution in [0, 0.1) is 6.92 Å². The van der Waals surface area contributed by atoms with Gasteiger partial charge in [-0.15, -0.1) is 11.3 Å². The molecule has 1 fully saturated rings. The van der Waals surface area contributed by atoms with E-state index in [0.717, 1.165) is 36.0 Å². The molecule has 3 rings (SSSR count). The van der Waals surface area contributed by atoms with Crippen LogP contribution >= 0.6 is 11.3 Å². The molecule has 7 heteroatoms. The largest absolute Gasteiger partial charge is 0.346 e. The molecule has 0 aromatic carbocycles. The van der Waals surface area contributed by atoms with E-state index in [-0.39, 0.29) is 5.91 Å². The van der Waals surface area contributed by atoms with Crippen LogP contribution in [0.15, 0.2) is 12.3 Å². The number of nitrogens with one attached hydrogen (secondary N) is 1. The number of carbonyl (C=O) groups excluding carboxylic acids is 1. The van der Waals surface area contributed by atoms with Crippen LogP contribution in [0.1, 0.15) is 38.9 Å². The van der Waals surface area contributed by atoms with Crippen LogP contribution in [0.2, 0.25) is 0 Å². The third kappa shape index (κ3) is 3.53. The van der Waals surface area contributed by atoms with Crippen molar-refractivity contribution in [1.29, 1.82) is 0 Å². The second kappa shape index (κ2) is 6.58. The summed E-state index contributed by atoms with van der Waals surface area (Å²) in [4.78, 5) is 19.6. The molecule has 1 amide bonds. The topological polar surface area (TPSA) is 63.1 Å². The van der Waals surface area contributed by atoms with Crippen LogP contribution in [0.4, 0.5) is 0 Å². The molecule has 1 aliphatic rings. The molecule has 0 radical (unpaired) electrons. The van der Waals surface area contributed by atoms with Crippen LogP contribution in [0.25, 0.3) is 0 Å². The number of thiazole rings is 1. The SMILES string of the molecule is Cc1cc(CNC(=O)c2cnc(CN3CCCC3)s2)n(C)n1. The van der Waals surface area contributed by atoms with Crippen LogP contribution in [0.5, 0.6) is 0 Å². The molecule has 0 bridgehead atoms. The predicted molar refractivity (Wildman–Crippen MR) is 85.7 cm³/mol. The number of aromatic nitrogens is 3. The van der Waals surface area contributed by atoms with Crippen molar-refractivity contribution in [1.82, 2.24) is 25.0 Å². The lowest BCUT2D eigenvalue weighted by atomic mass is 10.3. The first-order valence-electron chi connectivity index (χ1n) is 7.56. The molecule has 22 heavy (non-hydrogen) atoms. The van der Waals surface area contributed by atoms with Crippen LogP contribution in [-0.2, 0) is 20.1 Å². The molecule has 0 aliphatic carbocycles. The Labute approximate surface area is 134 Å². The Morgan fingerprint density at radius 3 is 2.86 bits per heavy atom. The molecule has 0 saturated carbocycles. The minimum absolute atomic E-state index is 0.0657. The number of nitrogens with zero attached hydrogens (tertiary/aromatic N) is 4. The number of carbonyl (C=O) groups is 1. The second-order valence-electron chi connectivity index (χ2n) is 5.68. The highest BCUT2D eigenvalue weighted by atomic mass is 32.1. The Kier molecular flexibility index (Phi) is 4.54. The molecular weight excluding hydrogens is 298 g/mol. The predicted octanol–water partition coefficient (Wildman–Crippen LogP) is 1.71. The van der Waals surface area contributed by atoms with E-state index in [1.165, 1.54) is 24.2 Å². The van der Waals surface area contributed by atoms with Gasteiger partial charge in [-0.25, -0.2) is 4.98 Å². The monoisotopic (exact) mass is 319 g/mol. The third-order valence-corrected chi connectivity index (χ3v) is 4.84. The standard InChI is InChI=1S/C15H21N5OS/c1-11-7-12(19(2)18-11)8-17-15(21)13-9-16-14(22-13)10-20-5-3-4-6-20/h7,9H,3-6,8,10H2,1-2H3,(H,17,21). The average molecular weight is 319 g/mol. The number of rotatable bonds is 5. The van der Waals surface area contributed by atoms with E-state index in [4.69, 9.17) is 0 Å². The minimum Gasteiger partial charge on any atom is -0.346 e. The summed E-state index contributed by atoms with van der Waals surface area (Å²) in [6.07, 6.45) is 4.21. The maximum Gasteiger partial charge on any atom is 0.263 e. The van der Waals surface area contributed by atoms with E-state index in [9.17, 15) is 4.79 Å². The highest BCUT2D eigenvalue weighted by Gasteiger charge is 2.16. The number of amides is 1. The van der Waals surface area contributed by atoms with E-state index in [1.807, 2.05) is 20.0 Å². The first-order valence-corrected chi connectivity index (χ1v) is 8.38. The molecule has 118 valence electrons. The molecule has 6 nitrogen and oxygen atoms in total. The summed E-state index contributed by atoms with van der Waals surface area (Å²) in [6, 6.07) is 1.98. The number of likely N-dealkylation sites (tertiary alicyclic amines) is 1. The van der Waals surface area contributed by atoms with Crippen molar-refractivity contribution in [3.8, 4) is 0 Å². The first-order chi connectivity index (χ1) is 10.6. The van der Waals surface area contributed by atoms with Crippen molar-refractivity contribution in [2.24, 2.45) is 7.05 Å². The van der Waals surface area contributed by atoms with Crippen LogP contribution in [-0.4, -0.2) is 38.7 Å². The molecule has 0 unspecified atom stereocenters. The van der Waals surface area contributed by atoms with Crippen molar-refractivity contribution >= 4 is 17.2 Å². The van der Waals surface area contributed by atoms with Gasteiger partial charge in [-0.1, -0.05) is 0 Å². The highest BCUT2D eigenvalue weighted by molar-refractivity contribution is 7.13. The molecule has 0 spiro atoms. The summed E-state index contributed by atoms with van der Waals surface area (Å²) < 4.78 is 1.79. The Bertz CT molecular complexity index is 657. The number of hydrogen-bond acceptors (Lipinski definition) is 5. The summed E-state index contributed by atoms with van der Waals surface area (Å²) >= 11 is 1.49. The van der Waals surface area contributed by atoms with Gasteiger partial charge in [0.15, 0.2) is 0 Å². The highest BCUT2D eigenvalue weighted by Crippen LogP contribution is 2.18. The summed E-state index contributed by atoms with van der Waals surface area (Å²) in [5.74, 6) is -0.0657.